The van der Waals surface area contributed by atoms with Gasteiger partial charge in [0.2, 0.25) is 0 Å². The molecule has 1 saturated carbocycles. The summed E-state index contributed by atoms with van der Waals surface area (Å²) in [5, 5.41) is 12.2. The molecule has 0 unspecified atom stereocenters. The first-order valence-electron chi connectivity index (χ1n) is 8.86. The van der Waals surface area contributed by atoms with Crippen LogP contribution in [-0.2, 0) is 9.59 Å². The lowest BCUT2D eigenvalue weighted by Gasteiger charge is -2.17. The van der Waals surface area contributed by atoms with Gasteiger partial charge < -0.3 is 19.9 Å². The predicted molar refractivity (Wildman–Crippen MR) is 104 cm³/mol. The number of hydrogen-bond acceptors (Lipinski definition) is 6. The van der Waals surface area contributed by atoms with Crippen LogP contribution < -0.4 is 14.8 Å². The van der Waals surface area contributed by atoms with Crippen LogP contribution in [0, 0.1) is 0 Å². The van der Waals surface area contributed by atoms with E-state index < -0.39 is 12.6 Å². The van der Waals surface area contributed by atoms with Crippen molar-refractivity contribution in [3.05, 3.63) is 28.7 Å². The fraction of sp³-hybridized carbons (Fsp3) is 0.421. The van der Waals surface area contributed by atoms with Crippen molar-refractivity contribution in [2.75, 3.05) is 13.7 Å². The molecule has 1 aromatic rings. The highest BCUT2D eigenvalue weighted by atomic mass is 32.2. The molecule has 2 aliphatic rings. The molecule has 7 nitrogen and oxygen atoms in total. The second kappa shape index (κ2) is 8.94. The van der Waals surface area contributed by atoms with Gasteiger partial charge in [0.05, 0.1) is 18.1 Å². The molecule has 8 heteroatoms. The smallest absolute Gasteiger partial charge is 0.341 e. The Labute approximate surface area is 161 Å². The minimum atomic E-state index is -1.06. The zero-order valence-corrected chi connectivity index (χ0v) is 15.9. The normalized spacial score (nSPS) is 20.7. The Bertz CT molecular complexity index is 784. The molecule has 2 fully saturated rings. The lowest BCUT2D eigenvalue weighted by Crippen LogP contribution is -2.22. The summed E-state index contributed by atoms with van der Waals surface area (Å²) in [5.74, 6) is -0.484. The summed E-state index contributed by atoms with van der Waals surface area (Å²) >= 11 is 1.34. The summed E-state index contributed by atoms with van der Waals surface area (Å²) in [6.45, 7) is -0.448. The third-order valence-corrected chi connectivity index (χ3v) is 5.29. The van der Waals surface area contributed by atoms with Gasteiger partial charge in [0, 0.05) is 0 Å². The summed E-state index contributed by atoms with van der Waals surface area (Å²) in [6.07, 6.45) is 7.56. The first-order chi connectivity index (χ1) is 13.0. The monoisotopic (exact) mass is 390 g/mol. The van der Waals surface area contributed by atoms with Crippen LogP contribution in [0.4, 0.5) is 0 Å². The van der Waals surface area contributed by atoms with E-state index in [1.54, 1.807) is 24.3 Å². The Balaban J connectivity index is 1.72. The van der Waals surface area contributed by atoms with Crippen molar-refractivity contribution in [1.29, 1.82) is 0 Å². The van der Waals surface area contributed by atoms with E-state index in [9.17, 15) is 9.59 Å². The Morgan fingerprint density at radius 3 is 2.81 bits per heavy atom. The third kappa shape index (κ3) is 5.26. The lowest BCUT2D eigenvalue weighted by atomic mass is 9.96. The third-order valence-electron chi connectivity index (χ3n) is 4.36. The van der Waals surface area contributed by atoms with E-state index in [0.29, 0.717) is 27.6 Å². The van der Waals surface area contributed by atoms with E-state index in [-0.39, 0.29) is 5.91 Å². The van der Waals surface area contributed by atoms with Gasteiger partial charge in [0.1, 0.15) is 0 Å². The van der Waals surface area contributed by atoms with E-state index >= 15 is 0 Å². The molecule has 1 aromatic carbocycles. The standard InChI is InChI=1S/C19H22N2O5S/c1-25-15-9-12(7-8-14(15)26-11-17(22)23)10-16-18(24)21-19(27-16)20-13-5-3-2-4-6-13/h7-10,13H,2-6,11H2,1H3,(H,22,23)(H,20,21,24)/b16-10-. The minimum absolute atomic E-state index is 0.167. The van der Waals surface area contributed by atoms with Crippen molar-refractivity contribution in [2.45, 2.75) is 38.1 Å². The van der Waals surface area contributed by atoms with Crippen molar-refractivity contribution in [3.63, 3.8) is 0 Å². The fourth-order valence-corrected chi connectivity index (χ4v) is 3.94. The number of nitrogens with zero attached hydrogens (tertiary/aromatic N) is 1. The first-order valence-corrected chi connectivity index (χ1v) is 9.68. The quantitative estimate of drug-likeness (QED) is 0.725. The largest absolute Gasteiger partial charge is 0.493 e. The Hall–Kier alpha value is -2.48. The number of carbonyl (C=O) groups excluding carboxylic acids is 1. The Morgan fingerprint density at radius 1 is 1.33 bits per heavy atom. The number of methoxy groups -OCH3 is 1. The number of amidine groups is 1. The van der Waals surface area contributed by atoms with Crippen molar-refractivity contribution in [1.82, 2.24) is 5.32 Å². The second-order valence-electron chi connectivity index (χ2n) is 6.38. The summed E-state index contributed by atoms with van der Waals surface area (Å²) in [6, 6.07) is 5.38. The molecule has 1 amide bonds. The molecule has 3 rings (SSSR count). The molecule has 27 heavy (non-hydrogen) atoms. The highest BCUT2D eigenvalue weighted by Gasteiger charge is 2.25. The number of carbonyl (C=O) groups is 2. The molecule has 2 N–H and O–H groups in total. The van der Waals surface area contributed by atoms with Gasteiger partial charge in [-0.2, -0.15) is 0 Å². The lowest BCUT2D eigenvalue weighted by molar-refractivity contribution is -0.139. The van der Waals surface area contributed by atoms with E-state index in [4.69, 9.17) is 14.6 Å². The zero-order chi connectivity index (χ0) is 19.2. The van der Waals surface area contributed by atoms with Crippen LogP contribution in [0.25, 0.3) is 6.08 Å². The summed E-state index contributed by atoms with van der Waals surface area (Å²) < 4.78 is 10.4. The number of carboxylic acid groups (broad SMARTS) is 1. The van der Waals surface area contributed by atoms with Crippen LogP contribution in [0.5, 0.6) is 11.5 Å². The van der Waals surface area contributed by atoms with Gasteiger partial charge in [-0.1, -0.05) is 25.3 Å². The number of carboxylic acids is 1. The number of amides is 1. The number of aliphatic imine (C=N–C) groups is 1. The van der Waals surface area contributed by atoms with Crippen LogP contribution in [0.15, 0.2) is 28.1 Å². The number of hydrogen-bond donors (Lipinski definition) is 2. The number of rotatable bonds is 6. The topological polar surface area (TPSA) is 97.2 Å². The SMILES string of the molecule is COc1cc(/C=C2\SC(=NC3CCCCC3)NC2=O)ccc1OCC(=O)O. The first kappa shape index (κ1) is 19.3. The Kier molecular flexibility index (Phi) is 6.39. The minimum Gasteiger partial charge on any atom is -0.493 e. The molecular weight excluding hydrogens is 368 g/mol. The number of ether oxygens (including phenoxy) is 2. The van der Waals surface area contributed by atoms with Crippen molar-refractivity contribution >= 4 is 34.9 Å². The maximum Gasteiger partial charge on any atom is 0.341 e. The maximum atomic E-state index is 12.2. The summed E-state index contributed by atoms with van der Waals surface area (Å²) in [7, 11) is 1.48. The molecule has 1 heterocycles. The molecule has 1 aliphatic carbocycles. The number of thioether (sulfide) groups is 1. The fourth-order valence-electron chi connectivity index (χ4n) is 3.05. The van der Waals surface area contributed by atoms with Crippen molar-refractivity contribution < 1.29 is 24.2 Å². The van der Waals surface area contributed by atoms with E-state index in [1.165, 1.54) is 38.1 Å². The number of nitrogens with one attached hydrogen (secondary N) is 1. The molecule has 0 aromatic heterocycles. The molecule has 0 atom stereocenters. The van der Waals surface area contributed by atoms with Crippen LogP contribution in [0.2, 0.25) is 0 Å². The second-order valence-corrected chi connectivity index (χ2v) is 7.41. The van der Waals surface area contributed by atoms with Crippen LogP contribution in [0.1, 0.15) is 37.7 Å². The van der Waals surface area contributed by atoms with Crippen molar-refractivity contribution in [3.8, 4) is 11.5 Å². The number of benzene rings is 1. The molecule has 1 aliphatic heterocycles. The van der Waals surface area contributed by atoms with Gasteiger partial charge in [-0.3, -0.25) is 9.79 Å². The number of aliphatic carboxylic acids is 1. The van der Waals surface area contributed by atoms with Crippen molar-refractivity contribution in [2.24, 2.45) is 4.99 Å². The van der Waals surface area contributed by atoms with Gasteiger partial charge in [-0.05, 0) is 48.4 Å². The van der Waals surface area contributed by atoms with Crippen LogP contribution in [-0.4, -0.2) is 41.9 Å². The zero-order valence-electron chi connectivity index (χ0n) is 15.1. The molecule has 1 saturated heterocycles. The van der Waals surface area contributed by atoms with Gasteiger partial charge in [-0.25, -0.2) is 4.79 Å². The van der Waals surface area contributed by atoms with E-state index in [1.807, 2.05) is 0 Å². The summed E-state index contributed by atoms with van der Waals surface area (Å²) in [4.78, 5) is 28.1. The average Bonchev–Trinajstić information content (AvgIpc) is 3.00. The predicted octanol–water partition coefficient (Wildman–Crippen LogP) is 3.05. The molecule has 144 valence electrons. The average molecular weight is 390 g/mol. The van der Waals surface area contributed by atoms with Gasteiger partial charge in [-0.15, -0.1) is 0 Å². The summed E-state index contributed by atoms with van der Waals surface area (Å²) in [5.41, 5.74) is 0.756. The van der Waals surface area contributed by atoms with E-state index in [2.05, 4.69) is 10.3 Å². The molecular formula is C19H22N2O5S. The molecule has 0 radical (unpaired) electrons. The van der Waals surface area contributed by atoms with Gasteiger partial charge in [0.15, 0.2) is 23.3 Å². The highest BCUT2D eigenvalue weighted by Crippen LogP contribution is 2.32. The maximum absolute atomic E-state index is 12.2. The van der Waals surface area contributed by atoms with E-state index in [0.717, 1.165) is 18.4 Å². The van der Waals surface area contributed by atoms with Gasteiger partial charge in [0.25, 0.3) is 5.91 Å². The molecule has 0 bridgehead atoms. The van der Waals surface area contributed by atoms with Crippen LogP contribution in [0.3, 0.4) is 0 Å². The molecule has 0 spiro atoms. The van der Waals surface area contributed by atoms with Gasteiger partial charge >= 0.3 is 5.97 Å². The van der Waals surface area contributed by atoms with Crippen LogP contribution >= 0.6 is 11.8 Å². The highest BCUT2D eigenvalue weighted by molar-refractivity contribution is 8.18. The Morgan fingerprint density at radius 2 is 2.11 bits per heavy atom.